The second kappa shape index (κ2) is 24.1. The molecule has 534 valence electrons. The fourth-order valence-electron chi connectivity index (χ4n) is 19.3. The van der Waals surface area contributed by atoms with Crippen LogP contribution in [-0.2, 0) is 5.41 Å². The molecule has 6 aliphatic rings. The minimum atomic E-state index is -1.61. The normalized spacial score (nSPS) is 16.1. The predicted molar refractivity (Wildman–Crippen MR) is 483 cm³/mol. The van der Waals surface area contributed by atoms with E-state index in [1.165, 1.54) is 0 Å². The quantitative estimate of drug-likeness (QED) is 0.142. The van der Waals surface area contributed by atoms with Crippen LogP contribution in [0.1, 0.15) is 56.5 Å². The summed E-state index contributed by atoms with van der Waals surface area (Å²) < 4.78 is 241. The van der Waals surface area contributed by atoms with Crippen LogP contribution in [0.15, 0.2) is 363 Å². The number of nitrogens with zero attached hydrogens (tertiary/aromatic N) is 4. The van der Waals surface area contributed by atoms with Crippen LogP contribution in [-0.4, -0.2) is 29.3 Å². The molecule has 0 aliphatic carbocycles. The zero-order valence-electron chi connectivity index (χ0n) is 83.8. The largest absolute Gasteiger partial charge is 0.459 e. The number of anilines is 6. The minimum Gasteiger partial charge on any atom is -0.459 e. The van der Waals surface area contributed by atoms with Crippen molar-refractivity contribution in [2.75, 3.05) is 9.80 Å². The van der Waals surface area contributed by atoms with E-state index in [0.717, 1.165) is 50.1 Å². The van der Waals surface area contributed by atoms with Crippen molar-refractivity contribution in [2.45, 2.75) is 26.2 Å². The van der Waals surface area contributed by atoms with Crippen LogP contribution in [0.5, 0.6) is 23.0 Å². The SMILES string of the molecule is [2H]c1c([2H])c([2H])c2c(c1[2H])Oc1c3c(cc4c1B2c1c([2H])c([2H])c([2H])c2c5c([2H])c([2H])c([2H])c([2H])c5n-4c12)N(c1c(-c2ccccc2)cc(-c2ccccc2)cc1-c1ccccc1)c1cc(C(C)(C)C)cc2c1B3c1c(cc3c4c1Oc1c([2H])c([2H])c([2H])c([2H])c1B4c1c([2H])c([2H])c([2H])c4c5c([2H])c([2H])c([2H])c([2H])c5n-3c14)N2c1c(-c2ccccc2)cc(-c2ccccc2)cc1-c1ccccc1. The van der Waals surface area contributed by atoms with Crippen molar-refractivity contribution in [2.24, 2.45) is 0 Å². The lowest BCUT2D eigenvalue weighted by molar-refractivity contribution is 0.490. The molecule has 0 unspecified atom stereocenters. The zero-order chi connectivity index (χ0) is 94.8. The van der Waals surface area contributed by atoms with E-state index in [1.807, 2.05) is 194 Å². The Bertz CT molecular complexity index is 8200. The van der Waals surface area contributed by atoms with Gasteiger partial charge in [0.25, 0.3) is 20.1 Å². The van der Waals surface area contributed by atoms with Gasteiger partial charge in [0.1, 0.15) is 23.0 Å². The number of rotatable bonds is 8. The van der Waals surface area contributed by atoms with Gasteiger partial charge in [0.15, 0.2) is 0 Å². The molecule has 0 bridgehead atoms. The second-order valence-electron chi connectivity index (χ2n) is 31.2. The molecule has 6 aliphatic heterocycles. The molecule has 0 saturated heterocycles. The zero-order valence-corrected chi connectivity index (χ0v) is 61.8. The maximum absolute atomic E-state index is 10.6. The van der Waals surface area contributed by atoms with E-state index < -0.39 is 170 Å². The monoisotopic (exact) mass is 1480 g/mol. The number of hydrogen-bond donors (Lipinski definition) is 0. The van der Waals surface area contributed by atoms with Crippen LogP contribution in [0.2, 0.25) is 0 Å². The molecular formula is C106H69B3N4O2. The molecule has 0 amide bonds. The maximum atomic E-state index is 10.6. The Labute approximate surface area is 698 Å². The molecule has 2 aromatic heterocycles. The number of para-hydroxylation sites is 6. The van der Waals surface area contributed by atoms with Gasteiger partial charge in [0.2, 0.25) is 0 Å². The van der Waals surface area contributed by atoms with Crippen LogP contribution in [0.3, 0.4) is 0 Å². The molecule has 0 N–H and O–H groups in total. The molecule has 19 aromatic rings. The Balaban J connectivity index is 0.976. The highest BCUT2D eigenvalue weighted by Crippen LogP contribution is 2.58. The second-order valence-corrected chi connectivity index (χ2v) is 31.2. The number of aromatic nitrogens is 2. The van der Waals surface area contributed by atoms with Crippen molar-refractivity contribution in [1.82, 2.24) is 9.13 Å². The summed E-state index contributed by atoms with van der Waals surface area (Å²) >= 11 is 0. The molecule has 0 spiro atoms. The van der Waals surface area contributed by atoms with Crippen LogP contribution >= 0.6 is 0 Å². The van der Waals surface area contributed by atoms with E-state index >= 15 is 0 Å². The summed E-state index contributed by atoms with van der Waals surface area (Å²) in [6.45, 7) is 1.62. The van der Waals surface area contributed by atoms with Crippen LogP contribution in [0.4, 0.5) is 34.1 Å². The summed E-state index contributed by atoms with van der Waals surface area (Å²) in [6, 6.07) is 62.4. The van der Waals surface area contributed by atoms with E-state index in [-0.39, 0.29) is 122 Å². The Morgan fingerprint density at radius 2 is 0.591 bits per heavy atom. The molecule has 0 saturated carbocycles. The first-order valence-electron chi connectivity index (χ1n) is 49.4. The molecule has 0 fully saturated rings. The lowest BCUT2D eigenvalue weighted by Crippen LogP contribution is -2.67. The van der Waals surface area contributed by atoms with Crippen LogP contribution in [0.25, 0.3) is 122 Å². The van der Waals surface area contributed by atoms with Gasteiger partial charge in [-0.3, -0.25) is 0 Å². The third kappa shape index (κ3) is 9.09. The third-order valence-electron chi connectivity index (χ3n) is 24.1. The fourth-order valence-corrected chi connectivity index (χ4v) is 19.3. The number of hydrogen-bond acceptors (Lipinski definition) is 4. The first kappa shape index (κ1) is 46.5. The van der Waals surface area contributed by atoms with E-state index in [9.17, 15) is 30.2 Å². The van der Waals surface area contributed by atoms with Gasteiger partial charge in [-0.2, -0.15) is 0 Å². The summed E-state index contributed by atoms with van der Waals surface area (Å²) in [5, 5.41) is -0.605. The van der Waals surface area contributed by atoms with Gasteiger partial charge >= 0.3 is 0 Å². The van der Waals surface area contributed by atoms with Crippen molar-refractivity contribution >= 4 is 147 Å². The smallest absolute Gasteiger partial charge is 0.261 e. The molecule has 115 heavy (non-hydrogen) atoms. The molecule has 0 radical (unpaired) electrons. The van der Waals surface area contributed by atoms with Crippen molar-refractivity contribution in [3.8, 4) is 101 Å². The summed E-state index contributed by atoms with van der Waals surface area (Å²) in [7, 11) is 0. The van der Waals surface area contributed by atoms with Gasteiger partial charge in [-0.05, 0) is 177 Å². The molecule has 9 heteroatoms. The summed E-state index contributed by atoms with van der Waals surface area (Å²) in [4.78, 5) is 4.36. The van der Waals surface area contributed by atoms with Crippen LogP contribution < -0.4 is 68.4 Å². The predicted octanol–water partition coefficient (Wildman–Crippen LogP) is 21.1. The molecular weight excluding hydrogens is 1390 g/mol. The van der Waals surface area contributed by atoms with Gasteiger partial charge in [-0.1, -0.05) is 312 Å². The van der Waals surface area contributed by atoms with E-state index in [2.05, 4.69) is 67.0 Å². The average molecular weight is 1490 g/mol. The molecule has 17 aromatic carbocycles. The summed E-state index contributed by atoms with van der Waals surface area (Å²) in [6.07, 6.45) is 0. The first-order valence-corrected chi connectivity index (χ1v) is 38.4. The number of fused-ring (bicyclic) bond motifs is 20. The molecule has 8 heterocycles. The lowest BCUT2D eigenvalue weighted by atomic mass is 9.28. The van der Waals surface area contributed by atoms with Crippen LogP contribution in [0, 0.1) is 0 Å². The highest BCUT2D eigenvalue weighted by Gasteiger charge is 2.55. The lowest BCUT2D eigenvalue weighted by Gasteiger charge is -2.49. The first-order chi connectivity index (χ1) is 65.9. The Kier molecular flexibility index (Phi) is 9.76. The fraction of sp³-hybridized carbons (Fsp3) is 0.0377. The topological polar surface area (TPSA) is 34.8 Å². The van der Waals surface area contributed by atoms with Crippen molar-refractivity contribution < 1.29 is 39.6 Å². The third-order valence-corrected chi connectivity index (χ3v) is 24.1. The highest BCUT2D eigenvalue weighted by atomic mass is 16.5. The van der Waals surface area contributed by atoms with Gasteiger partial charge < -0.3 is 28.4 Å². The standard InChI is InChI=1S/C106H69B3N4O2/c1-106(2,3)72-60-87-95-88(61-72)113(101-79(68-40-18-8-19-41-68)58-71(65-34-12-5-13-35-65)59-80(101)69-42-20-9-21-43-69)92-63-90-97-105(115-94-55-29-25-49-82(94)108(97)84-51-31-47-76-74-45-23-27-53-86(74)111(90)103(76)84)99(92)109(95)98-91(112(87)100-77(66-36-14-6-15-37-66)56-70(64-32-10-4-11-33-64)57-78(100)67-38-16-7-17-39-67)62-89-96-104(98)114-93-54-28-24-48-81(93)107(96)83-50-30-46-75-73-44-22-26-52-85(73)110(89)102(75)83/h4-63H,1-3H3/i22D,23D,24D,25D,26D,27D,28D,29D,30D,31D,44D,45D,46D,47D,48D,49D,50D,51D,52D,53D,54D,55D. The van der Waals surface area contributed by atoms with E-state index in [1.54, 1.807) is 9.13 Å². The van der Waals surface area contributed by atoms with Gasteiger partial charge in [-0.15, -0.1) is 0 Å². The van der Waals surface area contributed by atoms with Crippen molar-refractivity contribution in [3.63, 3.8) is 0 Å². The van der Waals surface area contributed by atoms with E-state index in [4.69, 9.17) is 9.47 Å². The van der Waals surface area contributed by atoms with Crippen molar-refractivity contribution in [3.05, 3.63) is 369 Å². The minimum absolute atomic E-state index is 0.0121. The molecule has 25 rings (SSSR count). The number of benzene rings is 17. The van der Waals surface area contributed by atoms with Crippen molar-refractivity contribution in [1.29, 1.82) is 0 Å². The average Bonchev–Trinajstić information content (AvgIpc) is 1.63. The summed E-state index contributed by atoms with van der Waals surface area (Å²) in [5.41, 5.74) is 11.7. The number of ether oxygens (including phenoxy) is 2. The molecule has 0 atom stereocenters. The Morgan fingerprint density at radius 1 is 0.278 bits per heavy atom. The molecule has 6 nitrogen and oxygen atoms in total. The summed E-state index contributed by atoms with van der Waals surface area (Å²) in [5.74, 6) is -1.05. The van der Waals surface area contributed by atoms with E-state index in [0.29, 0.717) is 50.5 Å². The van der Waals surface area contributed by atoms with Gasteiger partial charge in [0.05, 0.1) is 52.6 Å². The van der Waals surface area contributed by atoms with Gasteiger partial charge in [0, 0.05) is 89.0 Å². The Hall–Kier alpha value is -14.3. The van der Waals surface area contributed by atoms with Gasteiger partial charge in [-0.25, -0.2) is 0 Å². The highest BCUT2D eigenvalue weighted by molar-refractivity contribution is 7.05. The Morgan fingerprint density at radius 3 is 0.965 bits per heavy atom. The maximum Gasteiger partial charge on any atom is 0.261 e.